The van der Waals surface area contributed by atoms with Crippen LogP contribution in [0, 0.1) is 11.8 Å². The fourth-order valence-corrected chi connectivity index (χ4v) is 3.37. The van der Waals surface area contributed by atoms with Crippen molar-refractivity contribution >= 4 is 0 Å². The summed E-state index contributed by atoms with van der Waals surface area (Å²) in [6.07, 6.45) is 8.42. The van der Waals surface area contributed by atoms with Gasteiger partial charge in [-0.1, -0.05) is 6.92 Å². The Morgan fingerprint density at radius 3 is 2.80 bits per heavy atom. The Balaban J connectivity index is 1.58. The standard InChI is InChI=1S/C13H26N2/c1-11(6-7-14)3-2-8-15-10-12-4-5-13(15)9-12/h11-13H,2-10,14H2,1H3. The molecule has 2 nitrogen and oxygen atoms in total. The van der Waals surface area contributed by atoms with Crippen LogP contribution < -0.4 is 5.73 Å². The molecule has 3 unspecified atom stereocenters. The van der Waals surface area contributed by atoms with Crippen LogP contribution in [-0.2, 0) is 0 Å². The number of hydrogen-bond acceptors (Lipinski definition) is 2. The Hall–Kier alpha value is -0.0800. The lowest BCUT2D eigenvalue weighted by Crippen LogP contribution is -2.33. The van der Waals surface area contributed by atoms with Crippen LogP contribution in [0.25, 0.3) is 0 Å². The summed E-state index contributed by atoms with van der Waals surface area (Å²) in [5.74, 6) is 1.88. The first kappa shape index (κ1) is 11.4. The van der Waals surface area contributed by atoms with Crippen molar-refractivity contribution in [1.29, 1.82) is 0 Å². The number of fused-ring (bicyclic) bond motifs is 2. The first-order chi connectivity index (χ1) is 7.29. The summed E-state index contributed by atoms with van der Waals surface area (Å²) in [6.45, 7) is 5.94. The Morgan fingerprint density at radius 1 is 1.33 bits per heavy atom. The number of rotatable bonds is 6. The van der Waals surface area contributed by atoms with Crippen LogP contribution in [0.15, 0.2) is 0 Å². The van der Waals surface area contributed by atoms with Gasteiger partial charge in [-0.15, -0.1) is 0 Å². The minimum atomic E-state index is 0.829. The number of nitrogens with zero attached hydrogens (tertiary/aromatic N) is 1. The monoisotopic (exact) mass is 210 g/mol. The SMILES string of the molecule is CC(CCN)CCCN1CC2CCC1C2. The van der Waals surface area contributed by atoms with Crippen molar-refractivity contribution in [1.82, 2.24) is 4.90 Å². The second kappa shape index (κ2) is 5.31. The predicted octanol–water partition coefficient (Wildman–Crippen LogP) is 2.24. The van der Waals surface area contributed by atoms with E-state index in [1.54, 1.807) is 0 Å². The van der Waals surface area contributed by atoms with E-state index in [1.165, 1.54) is 51.6 Å². The van der Waals surface area contributed by atoms with E-state index in [4.69, 9.17) is 5.73 Å². The van der Waals surface area contributed by atoms with Crippen molar-refractivity contribution in [3.63, 3.8) is 0 Å². The summed E-state index contributed by atoms with van der Waals surface area (Å²) in [5.41, 5.74) is 5.56. The topological polar surface area (TPSA) is 29.3 Å². The van der Waals surface area contributed by atoms with E-state index in [1.807, 2.05) is 0 Å². The lowest BCUT2D eigenvalue weighted by Gasteiger charge is -2.27. The maximum atomic E-state index is 5.56. The molecule has 3 atom stereocenters. The van der Waals surface area contributed by atoms with Crippen molar-refractivity contribution in [2.24, 2.45) is 17.6 Å². The van der Waals surface area contributed by atoms with Gasteiger partial charge in [0.1, 0.15) is 0 Å². The smallest absolute Gasteiger partial charge is 0.00985 e. The number of piperidine rings is 1. The molecule has 1 saturated heterocycles. The molecule has 2 bridgehead atoms. The van der Waals surface area contributed by atoms with Crippen LogP contribution in [0.4, 0.5) is 0 Å². The predicted molar refractivity (Wildman–Crippen MR) is 64.8 cm³/mol. The summed E-state index contributed by atoms with van der Waals surface area (Å²) in [7, 11) is 0. The first-order valence-corrected chi connectivity index (χ1v) is 6.73. The molecule has 0 radical (unpaired) electrons. The molecule has 15 heavy (non-hydrogen) atoms. The quantitative estimate of drug-likeness (QED) is 0.728. The van der Waals surface area contributed by atoms with Gasteiger partial charge in [-0.25, -0.2) is 0 Å². The fourth-order valence-electron chi connectivity index (χ4n) is 3.37. The van der Waals surface area contributed by atoms with Crippen molar-refractivity contribution in [3.8, 4) is 0 Å². The molecular weight excluding hydrogens is 184 g/mol. The maximum Gasteiger partial charge on any atom is 0.00985 e. The van der Waals surface area contributed by atoms with E-state index < -0.39 is 0 Å². The average molecular weight is 210 g/mol. The summed E-state index contributed by atoms with van der Waals surface area (Å²) >= 11 is 0. The zero-order valence-corrected chi connectivity index (χ0v) is 10.1. The van der Waals surface area contributed by atoms with E-state index in [-0.39, 0.29) is 0 Å². The summed E-state index contributed by atoms with van der Waals surface area (Å²) in [6, 6.07) is 0.958. The first-order valence-electron chi connectivity index (χ1n) is 6.73. The number of nitrogens with two attached hydrogens (primary N) is 1. The Bertz CT molecular complexity index is 193. The van der Waals surface area contributed by atoms with E-state index in [0.29, 0.717) is 0 Å². The molecule has 1 heterocycles. The third kappa shape index (κ3) is 2.94. The molecule has 2 heteroatoms. The minimum Gasteiger partial charge on any atom is -0.330 e. The third-order valence-corrected chi connectivity index (χ3v) is 4.32. The van der Waals surface area contributed by atoms with Crippen molar-refractivity contribution in [2.45, 2.75) is 51.5 Å². The highest BCUT2D eigenvalue weighted by atomic mass is 15.2. The molecule has 2 fully saturated rings. The van der Waals surface area contributed by atoms with Gasteiger partial charge in [0.15, 0.2) is 0 Å². The second-order valence-electron chi connectivity index (χ2n) is 5.65. The van der Waals surface area contributed by atoms with Crippen molar-refractivity contribution < 1.29 is 0 Å². The Labute approximate surface area is 94.2 Å². The number of hydrogen-bond donors (Lipinski definition) is 1. The average Bonchev–Trinajstić information content (AvgIpc) is 2.79. The van der Waals surface area contributed by atoms with Gasteiger partial charge < -0.3 is 10.6 Å². The highest BCUT2D eigenvalue weighted by molar-refractivity contribution is 4.91. The van der Waals surface area contributed by atoms with Gasteiger partial charge in [-0.05, 0) is 63.5 Å². The molecule has 2 rings (SSSR count). The molecule has 1 aliphatic carbocycles. The fraction of sp³-hybridized carbons (Fsp3) is 1.00. The maximum absolute atomic E-state index is 5.56. The van der Waals surface area contributed by atoms with E-state index in [2.05, 4.69) is 11.8 Å². The molecule has 0 aromatic heterocycles. The van der Waals surface area contributed by atoms with Gasteiger partial charge in [-0.3, -0.25) is 0 Å². The highest BCUT2D eigenvalue weighted by Gasteiger charge is 2.36. The summed E-state index contributed by atoms with van der Waals surface area (Å²) < 4.78 is 0. The third-order valence-electron chi connectivity index (χ3n) is 4.32. The van der Waals surface area contributed by atoms with Crippen LogP contribution in [0.3, 0.4) is 0 Å². The molecule has 2 N–H and O–H groups in total. The Morgan fingerprint density at radius 2 is 2.20 bits per heavy atom. The van der Waals surface area contributed by atoms with Gasteiger partial charge in [0, 0.05) is 12.6 Å². The molecule has 0 aromatic carbocycles. The zero-order valence-electron chi connectivity index (χ0n) is 10.1. The molecular formula is C13H26N2. The van der Waals surface area contributed by atoms with Crippen molar-refractivity contribution in [3.05, 3.63) is 0 Å². The van der Waals surface area contributed by atoms with Gasteiger partial charge in [0.25, 0.3) is 0 Å². The molecule has 0 aromatic rings. The van der Waals surface area contributed by atoms with Gasteiger partial charge >= 0.3 is 0 Å². The van der Waals surface area contributed by atoms with Gasteiger partial charge in [0.2, 0.25) is 0 Å². The minimum absolute atomic E-state index is 0.829. The summed E-state index contributed by atoms with van der Waals surface area (Å²) in [4.78, 5) is 2.74. The highest BCUT2D eigenvalue weighted by Crippen LogP contribution is 2.37. The van der Waals surface area contributed by atoms with Crippen LogP contribution in [0.2, 0.25) is 0 Å². The lowest BCUT2D eigenvalue weighted by molar-refractivity contribution is 0.205. The lowest BCUT2D eigenvalue weighted by atomic mass is 10.0. The van der Waals surface area contributed by atoms with Gasteiger partial charge in [-0.2, -0.15) is 0 Å². The Kier molecular flexibility index (Phi) is 4.04. The van der Waals surface area contributed by atoms with E-state index >= 15 is 0 Å². The molecule has 2 aliphatic rings. The van der Waals surface area contributed by atoms with Gasteiger partial charge in [0.05, 0.1) is 0 Å². The molecule has 0 spiro atoms. The summed E-state index contributed by atoms with van der Waals surface area (Å²) in [5, 5.41) is 0. The largest absolute Gasteiger partial charge is 0.330 e. The van der Waals surface area contributed by atoms with Crippen LogP contribution >= 0.6 is 0 Å². The number of likely N-dealkylation sites (tertiary alicyclic amines) is 1. The zero-order chi connectivity index (χ0) is 10.7. The normalized spacial score (nSPS) is 32.4. The molecule has 0 amide bonds. The van der Waals surface area contributed by atoms with E-state index in [0.717, 1.165) is 24.4 Å². The van der Waals surface area contributed by atoms with Crippen molar-refractivity contribution in [2.75, 3.05) is 19.6 Å². The molecule has 1 saturated carbocycles. The van der Waals surface area contributed by atoms with Crippen LogP contribution in [-0.4, -0.2) is 30.6 Å². The molecule has 88 valence electrons. The van der Waals surface area contributed by atoms with Crippen LogP contribution in [0.5, 0.6) is 0 Å². The molecule has 1 aliphatic heterocycles. The second-order valence-corrected chi connectivity index (χ2v) is 5.65. The van der Waals surface area contributed by atoms with Crippen LogP contribution in [0.1, 0.15) is 45.4 Å². The van der Waals surface area contributed by atoms with E-state index in [9.17, 15) is 0 Å².